The lowest BCUT2D eigenvalue weighted by atomic mass is 9.93. The first-order chi connectivity index (χ1) is 10.4. The molecule has 2 fully saturated rings. The van der Waals surface area contributed by atoms with E-state index in [4.69, 9.17) is 4.74 Å². The van der Waals surface area contributed by atoms with Crippen LogP contribution in [0.5, 0.6) is 0 Å². The SMILES string of the molecule is CCc1ccccc1CNC1CCCC1C1COCCN1.Cl. The average molecular weight is 325 g/mol. The van der Waals surface area contributed by atoms with Crippen LogP contribution in [0.2, 0.25) is 0 Å². The van der Waals surface area contributed by atoms with Crippen LogP contribution in [0.25, 0.3) is 0 Å². The predicted molar refractivity (Wildman–Crippen MR) is 93.6 cm³/mol. The van der Waals surface area contributed by atoms with Gasteiger partial charge >= 0.3 is 0 Å². The van der Waals surface area contributed by atoms with E-state index >= 15 is 0 Å². The van der Waals surface area contributed by atoms with Gasteiger partial charge in [-0.05, 0) is 36.3 Å². The van der Waals surface area contributed by atoms with E-state index in [1.54, 1.807) is 0 Å². The van der Waals surface area contributed by atoms with E-state index in [1.807, 2.05) is 0 Å². The van der Waals surface area contributed by atoms with Crippen molar-refractivity contribution in [3.63, 3.8) is 0 Å². The first-order valence-electron chi connectivity index (χ1n) is 8.49. The fraction of sp³-hybridized carbons (Fsp3) is 0.667. The van der Waals surface area contributed by atoms with Crippen LogP contribution in [0.15, 0.2) is 24.3 Å². The van der Waals surface area contributed by atoms with Gasteiger partial charge in [-0.25, -0.2) is 0 Å². The molecule has 124 valence electrons. The van der Waals surface area contributed by atoms with Crippen molar-refractivity contribution in [2.45, 2.75) is 51.2 Å². The largest absolute Gasteiger partial charge is 0.379 e. The molecule has 2 aliphatic rings. The standard InChI is InChI=1S/C18H28N2O.ClH/c1-2-14-6-3-4-7-15(14)12-20-17-9-5-8-16(17)18-13-21-11-10-19-18;/h3-4,6-7,16-20H,2,5,8-13H2,1H3;1H. The molecule has 3 unspecified atom stereocenters. The number of hydrogen-bond donors (Lipinski definition) is 2. The number of rotatable bonds is 5. The molecule has 0 radical (unpaired) electrons. The Bertz CT molecular complexity index is 448. The summed E-state index contributed by atoms with van der Waals surface area (Å²) in [5.74, 6) is 0.721. The highest BCUT2D eigenvalue weighted by Gasteiger charge is 2.34. The van der Waals surface area contributed by atoms with Gasteiger partial charge in [-0.3, -0.25) is 0 Å². The maximum atomic E-state index is 5.65. The normalized spacial score (nSPS) is 28.3. The number of nitrogens with one attached hydrogen (secondary N) is 2. The zero-order chi connectivity index (χ0) is 14.5. The fourth-order valence-electron chi connectivity index (χ4n) is 3.90. The monoisotopic (exact) mass is 324 g/mol. The van der Waals surface area contributed by atoms with Crippen molar-refractivity contribution < 1.29 is 4.74 Å². The van der Waals surface area contributed by atoms with Crippen LogP contribution in [0.3, 0.4) is 0 Å². The molecule has 22 heavy (non-hydrogen) atoms. The van der Waals surface area contributed by atoms with Gasteiger partial charge in [0, 0.05) is 25.2 Å². The smallest absolute Gasteiger partial charge is 0.0623 e. The summed E-state index contributed by atoms with van der Waals surface area (Å²) in [6.45, 7) is 5.99. The molecule has 1 saturated carbocycles. The zero-order valence-corrected chi connectivity index (χ0v) is 14.3. The van der Waals surface area contributed by atoms with Gasteiger partial charge in [-0.15, -0.1) is 12.4 Å². The van der Waals surface area contributed by atoms with Crippen molar-refractivity contribution in [2.24, 2.45) is 5.92 Å². The second kappa shape index (κ2) is 8.88. The summed E-state index contributed by atoms with van der Waals surface area (Å²) in [7, 11) is 0. The maximum absolute atomic E-state index is 5.65. The van der Waals surface area contributed by atoms with Gasteiger partial charge in [0.1, 0.15) is 0 Å². The minimum absolute atomic E-state index is 0. The summed E-state index contributed by atoms with van der Waals surface area (Å²) < 4.78 is 5.65. The van der Waals surface area contributed by atoms with E-state index in [2.05, 4.69) is 41.8 Å². The van der Waals surface area contributed by atoms with Gasteiger partial charge in [0.25, 0.3) is 0 Å². The van der Waals surface area contributed by atoms with Crippen molar-refractivity contribution in [2.75, 3.05) is 19.8 Å². The molecule has 0 aromatic heterocycles. The number of aryl methyl sites for hydroxylation is 1. The van der Waals surface area contributed by atoms with Crippen molar-refractivity contribution >= 4 is 12.4 Å². The first kappa shape index (κ1) is 17.7. The minimum atomic E-state index is 0. The maximum Gasteiger partial charge on any atom is 0.0623 e. The Morgan fingerprint density at radius 3 is 2.77 bits per heavy atom. The lowest BCUT2D eigenvalue weighted by molar-refractivity contribution is 0.0524. The van der Waals surface area contributed by atoms with Gasteiger partial charge in [0.15, 0.2) is 0 Å². The third-order valence-electron chi connectivity index (χ3n) is 5.09. The van der Waals surface area contributed by atoms with Crippen LogP contribution in [-0.2, 0) is 17.7 Å². The lowest BCUT2D eigenvalue weighted by Crippen LogP contribution is -2.50. The number of morpholine rings is 1. The fourth-order valence-corrected chi connectivity index (χ4v) is 3.90. The van der Waals surface area contributed by atoms with E-state index in [0.717, 1.165) is 38.6 Å². The van der Waals surface area contributed by atoms with Gasteiger partial charge in [-0.1, -0.05) is 37.6 Å². The van der Waals surface area contributed by atoms with E-state index in [-0.39, 0.29) is 12.4 Å². The van der Waals surface area contributed by atoms with Gasteiger partial charge in [-0.2, -0.15) is 0 Å². The summed E-state index contributed by atoms with van der Waals surface area (Å²) in [6.07, 6.45) is 5.09. The van der Waals surface area contributed by atoms with Gasteiger partial charge in [0.05, 0.1) is 13.2 Å². The number of ether oxygens (including phenoxy) is 1. The average Bonchev–Trinajstić information content (AvgIpc) is 3.02. The van der Waals surface area contributed by atoms with Crippen LogP contribution in [0.4, 0.5) is 0 Å². The number of hydrogen-bond acceptors (Lipinski definition) is 3. The third kappa shape index (κ3) is 4.23. The topological polar surface area (TPSA) is 33.3 Å². The molecule has 1 aromatic carbocycles. The van der Waals surface area contributed by atoms with E-state index in [9.17, 15) is 0 Å². The highest BCUT2D eigenvalue weighted by atomic mass is 35.5. The Hall–Kier alpha value is -0.610. The van der Waals surface area contributed by atoms with E-state index < -0.39 is 0 Å². The summed E-state index contributed by atoms with van der Waals surface area (Å²) in [6, 6.07) is 9.98. The minimum Gasteiger partial charge on any atom is -0.379 e. The van der Waals surface area contributed by atoms with Gasteiger partial charge in [0.2, 0.25) is 0 Å². The van der Waals surface area contributed by atoms with Crippen LogP contribution in [-0.4, -0.2) is 31.8 Å². The second-order valence-electron chi connectivity index (χ2n) is 6.34. The molecule has 1 aliphatic carbocycles. The molecule has 3 rings (SSSR count). The molecule has 4 heteroatoms. The molecular formula is C18H29ClN2O. The molecular weight excluding hydrogens is 296 g/mol. The Kier molecular flexibility index (Phi) is 7.16. The van der Waals surface area contributed by atoms with Crippen molar-refractivity contribution in [3.8, 4) is 0 Å². The molecule has 3 nitrogen and oxygen atoms in total. The molecule has 2 N–H and O–H groups in total. The van der Waals surface area contributed by atoms with Gasteiger partial charge < -0.3 is 15.4 Å². The van der Waals surface area contributed by atoms with Crippen molar-refractivity contribution in [1.82, 2.24) is 10.6 Å². The predicted octanol–water partition coefficient (Wildman–Crippen LogP) is 2.92. The summed E-state index contributed by atoms with van der Waals surface area (Å²) in [5.41, 5.74) is 2.93. The summed E-state index contributed by atoms with van der Waals surface area (Å²) in [4.78, 5) is 0. The van der Waals surface area contributed by atoms with Crippen LogP contribution < -0.4 is 10.6 Å². The molecule has 1 aliphatic heterocycles. The molecule has 0 amide bonds. The molecule has 1 aromatic rings. The lowest BCUT2D eigenvalue weighted by Gasteiger charge is -2.33. The summed E-state index contributed by atoms with van der Waals surface area (Å²) in [5, 5.41) is 7.47. The Labute approximate surface area is 140 Å². The van der Waals surface area contributed by atoms with Crippen LogP contribution >= 0.6 is 12.4 Å². The number of halogens is 1. The quantitative estimate of drug-likeness (QED) is 0.873. The van der Waals surface area contributed by atoms with Crippen LogP contribution in [0.1, 0.15) is 37.3 Å². The Balaban J connectivity index is 0.00000176. The van der Waals surface area contributed by atoms with Crippen molar-refractivity contribution in [3.05, 3.63) is 35.4 Å². The van der Waals surface area contributed by atoms with E-state index in [0.29, 0.717) is 12.1 Å². The Morgan fingerprint density at radius 1 is 1.23 bits per heavy atom. The molecule has 3 atom stereocenters. The van der Waals surface area contributed by atoms with Crippen LogP contribution in [0, 0.1) is 5.92 Å². The second-order valence-corrected chi connectivity index (χ2v) is 6.34. The van der Waals surface area contributed by atoms with Crippen molar-refractivity contribution in [1.29, 1.82) is 0 Å². The molecule has 0 bridgehead atoms. The zero-order valence-electron chi connectivity index (χ0n) is 13.5. The molecule has 1 saturated heterocycles. The third-order valence-corrected chi connectivity index (χ3v) is 5.09. The molecule has 1 heterocycles. The van der Waals surface area contributed by atoms with E-state index in [1.165, 1.54) is 30.4 Å². The Morgan fingerprint density at radius 2 is 2.05 bits per heavy atom. The highest BCUT2D eigenvalue weighted by molar-refractivity contribution is 5.85. The number of benzene rings is 1. The highest BCUT2D eigenvalue weighted by Crippen LogP contribution is 2.29. The first-order valence-corrected chi connectivity index (χ1v) is 8.49. The summed E-state index contributed by atoms with van der Waals surface area (Å²) >= 11 is 0. The molecule has 0 spiro atoms.